The fourth-order valence-electron chi connectivity index (χ4n) is 2.28. The molecule has 1 aromatic rings. The highest BCUT2D eigenvalue weighted by molar-refractivity contribution is 7.89. The van der Waals surface area contributed by atoms with Crippen LogP contribution in [-0.4, -0.2) is 27.2 Å². The summed E-state index contributed by atoms with van der Waals surface area (Å²) in [5.74, 6) is 0. The van der Waals surface area contributed by atoms with Crippen LogP contribution in [-0.2, 0) is 14.8 Å². The molecule has 1 aliphatic rings. The number of nitrogens with two attached hydrogens (primary N) is 1. The lowest BCUT2D eigenvalue weighted by atomic mass is 10.1. The molecule has 0 radical (unpaired) electrons. The van der Waals surface area contributed by atoms with E-state index in [1.807, 2.05) is 13.8 Å². The van der Waals surface area contributed by atoms with Gasteiger partial charge in [-0.05, 0) is 50.5 Å². The van der Waals surface area contributed by atoms with Gasteiger partial charge in [-0.3, -0.25) is 0 Å². The molecule has 19 heavy (non-hydrogen) atoms. The van der Waals surface area contributed by atoms with E-state index in [2.05, 4.69) is 4.72 Å². The Labute approximate surface area is 114 Å². The summed E-state index contributed by atoms with van der Waals surface area (Å²) in [7, 11) is -3.56. The van der Waals surface area contributed by atoms with E-state index in [-0.39, 0.29) is 17.0 Å². The van der Waals surface area contributed by atoms with Crippen molar-refractivity contribution in [1.29, 1.82) is 0 Å². The van der Waals surface area contributed by atoms with Gasteiger partial charge in [-0.25, -0.2) is 13.1 Å². The van der Waals surface area contributed by atoms with E-state index >= 15 is 0 Å². The first-order valence-corrected chi connectivity index (χ1v) is 7.80. The molecule has 1 fully saturated rings. The van der Waals surface area contributed by atoms with Crippen molar-refractivity contribution in [2.75, 3.05) is 12.3 Å². The minimum absolute atomic E-state index is 0.0998. The fraction of sp³-hybridized carbons (Fsp3) is 0.538. The average molecular weight is 284 g/mol. The standard InChI is InChI=1S/C13H20N2O3S/c1-8-6-11(14)9(2)13(7-8)19(16,17)15-12-4-5-18-10(12)3/h6-7,10,12,15H,4-5,14H2,1-3H3. The van der Waals surface area contributed by atoms with Crippen LogP contribution >= 0.6 is 0 Å². The molecule has 1 saturated heterocycles. The van der Waals surface area contributed by atoms with E-state index in [0.717, 1.165) is 5.56 Å². The third-order valence-corrected chi connectivity index (χ3v) is 5.13. The third-order valence-electron chi connectivity index (χ3n) is 3.52. The summed E-state index contributed by atoms with van der Waals surface area (Å²) >= 11 is 0. The Bertz CT molecular complexity index is 584. The molecular weight excluding hydrogens is 264 g/mol. The lowest BCUT2D eigenvalue weighted by Gasteiger charge is -2.18. The van der Waals surface area contributed by atoms with E-state index in [4.69, 9.17) is 10.5 Å². The van der Waals surface area contributed by atoms with Crippen molar-refractivity contribution < 1.29 is 13.2 Å². The van der Waals surface area contributed by atoms with E-state index < -0.39 is 10.0 Å². The molecule has 0 aromatic heterocycles. The number of hydrogen-bond donors (Lipinski definition) is 2. The molecule has 3 N–H and O–H groups in total. The number of benzene rings is 1. The number of anilines is 1. The van der Waals surface area contributed by atoms with Gasteiger partial charge >= 0.3 is 0 Å². The highest BCUT2D eigenvalue weighted by Crippen LogP contribution is 2.24. The van der Waals surface area contributed by atoms with Crippen molar-refractivity contribution in [2.45, 2.75) is 44.2 Å². The molecule has 0 aliphatic carbocycles. The van der Waals surface area contributed by atoms with Gasteiger partial charge in [-0.15, -0.1) is 0 Å². The number of nitrogen functional groups attached to an aromatic ring is 1. The zero-order chi connectivity index (χ0) is 14.2. The van der Waals surface area contributed by atoms with Crippen LogP contribution in [0.1, 0.15) is 24.5 Å². The predicted octanol–water partition coefficient (Wildman–Crippen LogP) is 1.34. The van der Waals surface area contributed by atoms with E-state index in [1.165, 1.54) is 0 Å². The lowest BCUT2D eigenvalue weighted by Crippen LogP contribution is -2.39. The van der Waals surface area contributed by atoms with Gasteiger partial charge in [0.2, 0.25) is 10.0 Å². The Morgan fingerprint density at radius 1 is 1.37 bits per heavy atom. The average Bonchev–Trinajstić information content (AvgIpc) is 2.69. The number of ether oxygens (including phenoxy) is 1. The molecule has 2 rings (SSSR count). The highest BCUT2D eigenvalue weighted by atomic mass is 32.2. The van der Waals surface area contributed by atoms with E-state index in [1.54, 1.807) is 19.1 Å². The van der Waals surface area contributed by atoms with Crippen LogP contribution in [0.15, 0.2) is 17.0 Å². The van der Waals surface area contributed by atoms with Crippen molar-refractivity contribution >= 4 is 15.7 Å². The van der Waals surface area contributed by atoms with Crippen LogP contribution in [0, 0.1) is 13.8 Å². The second-order valence-corrected chi connectivity index (χ2v) is 6.75. The van der Waals surface area contributed by atoms with Crippen molar-refractivity contribution in [3.05, 3.63) is 23.3 Å². The van der Waals surface area contributed by atoms with Crippen LogP contribution < -0.4 is 10.5 Å². The minimum atomic E-state index is -3.56. The lowest BCUT2D eigenvalue weighted by molar-refractivity contribution is 0.117. The topological polar surface area (TPSA) is 81.4 Å². The van der Waals surface area contributed by atoms with Crippen LogP contribution in [0.25, 0.3) is 0 Å². The Morgan fingerprint density at radius 3 is 2.63 bits per heavy atom. The molecule has 2 atom stereocenters. The van der Waals surface area contributed by atoms with Gasteiger partial charge < -0.3 is 10.5 Å². The van der Waals surface area contributed by atoms with Gasteiger partial charge in [-0.1, -0.05) is 0 Å². The Hall–Kier alpha value is -1.11. The first-order chi connectivity index (χ1) is 8.81. The molecule has 0 saturated carbocycles. The van der Waals surface area contributed by atoms with Crippen molar-refractivity contribution in [3.8, 4) is 0 Å². The van der Waals surface area contributed by atoms with Gasteiger partial charge in [0, 0.05) is 12.3 Å². The van der Waals surface area contributed by atoms with Crippen molar-refractivity contribution in [3.63, 3.8) is 0 Å². The Balaban J connectivity index is 2.34. The SMILES string of the molecule is Cc1cc(N)c(C)c(S(=O)(=O)NC2CCOC2C)c1. The summed E-state index contributed by atoms with van der Waals surface area (Å²) in [5, 5.41) is 0. The highest BCUT2D eigenvalue weighted by Gasteiger charge is 2.30. The number of aryl methyl sites for hydroxylation is 1. The van der Waals surface area contributed by atoms with Crippen LogP contribution in [0.3, 0.4) is 0 Å². The zero-order valence-corrected chi connectivity index (χ0v) is 12.3. The van der Waals surface area contributed by atoms with Gasteiger partial charge in [0.15, 0.2) is 0 Å². The number of sulfonamides is 1. The Morgan fingerprint density at radius 2 is 2.05 bits per heavy atom. The molecule has 6 heteroatoms. The second-order valence-electron chi connectivity index (χ2n) is 5.07. The Kier molecular flexibility index (Phi) is 3.85. The predicted molar refractivity (Wildman–Crippen MR) is 74.5 cm³/mol. The molecule has 106 valence electrons. The summed E-state index contributed by atoms with van der Waals surface area (Å²) in [6, 6.07) is 3.25. The molecule has 0 bridgehead atoms. The third kappa shape index (κ3) is 2.91. The van der Waals surface area contributed by atoms with E-state index in [9.17, 15) is 8.42 Å². The molecule has 1 aliphatic heterocycles. The zero-order valence-electron chi connectivity index (χ0n) is 11.4. The maximum absolute atomic E-state index is 12.4. The normalized spacial score (nSPS) is 23.7. The quantitative estimate of drug-likeness (QED) is 0.821. The van der Waals surface area contributed by atoms with Gasteiger partial charge in [0.25, 0.3) is 0 Å². The molecule has 1 aromatic carbocycles. The largest absolute Gasteiger partial charge is 0.398 e. The van der Waals surface area contributed by atoms with Gasteiger partial charge in [0.1, 0.15) is 0 Å². The second kappa shape index (κ2) is 5.11. The molecular formula is C13H20N2O3S. The van der Waals surface area contributed by atoms with Crippen molar-refractivity contribution in [1.82, 2.24) is 4.72 Å². The summed E-state index contributed by atoms with van der Waals surface area (Å²) < 4.78 is 33.0. The van der Waals surface area contributed by atoms with Gasteiger partial charge in [0.05, 0.1) is 17.0 Å². The van der Waals surface area contributed by atoms with Gasteiger partial charge in [-0.2, -0.15) is 0 Å². The smallest absolute Gasteiger partial charge is 0.241 e. The maximum atomic E-state index is 12.4. The monoisotopic (exact) mass is 284 g/mol. The molecule has 0 amide bonds. The van der Waals surface area contributed by atoms with Crippen LogP contribution in [0.4, 0.5) is 5.69 Å². The first kappa shape index (κ1) is 14.3. The number of hydrogen-bond acceptors (Lipinski definition) is 4. The fourth-order valence-corrected chi connectivity index (χ4v) is 3.98. The minimum Gasteiger partial charge on any atom is -0.398 e. The molecule has 1 heterocycles. The summed E-state index contributed by atoms with van der Waals surface area (Å²) in [6.07, 6.45) is 0.595. The maximum Gasteiger partial charge on any atom is 0.241 e. The van der Waals surface area contributed by atoms with Crippen molar-refractivity contribution in [2.24, 2.45) is 0 Å². The molecule has 5 nitrogen and oxygen atoms in total. The van der Waals surface area contributed by atoms with Crippen LogP contribution in [0.5, 0.6) is 0 Å². The molecule has 2 unspecified atom stereocenters. The number of nitrogens with one attached hydrogen (secondary N) is 1. The summed E-state index contributed by atoms with van der Waals surface area (Å²) in [5.41, 5.74) is 7.75. The number of rotatable bonds is 3. The summed E-state index contributed by atoms with van der Waals surface area (Å²) in [6.45, 7) is 6.01. The van der Waals surface area contributed by atoms with E-state index in [0.29, 0.717) is 24.3 Å². The molecule has 0 spiro atoms. The first-order valence-electron chi connectivity index (χ1n) is 6.32. The van der Waals surface area contributed by atoms with Crippen LogP contribution in [0.2, 0.25) is 0 Å². The summed E-state index contributed by atoms with van der Waals surface area (Å²) in [4.78, 5) is 0.254.